The summed E-state index contributed by atoms with van der Waals surface area (Å²) in [6.07, 6.45) is 8.08. The van der Waals surface area contributed by atoms with Crippen molar-refractivity contribution in [2.45, 2.75) is 49.8 Å². The molecule has 1 atom stereocenters. The Morgan fingerprint density at radius 2 is 2.14 bits per heavy atom. The SMILES string of the molecule is CCOC(=O)C(CC1CCCC1)c1ccc(SC)c(Br)c1. The summed E-state index contributed by atoms with van der Waals surface area (Å²) < 4.78 is 6.37. The molecule has 1 aliphatic carbocycles. The molecule has 116 valence electrons. The molecular weight excluding hydrogens is 348 g/mol. The van der Waals surface area contributed by atoms with E-state index >= 15 is 0 Å². The zero-order chi connectivity index (χ0) is 15.2. The molecule has 2 nitrogen and oxygen atoms in total. The maximum absolute atomic E-state index is 12.4. The standard InChI is InChI=1S/C17H23BrO2S/c1-3-20-17(19)14(10-12-6-4-5-7-12)13-8-9-16(21-2)15(18)11-13/h8-9,11-12,14H,3-7,10H2,1-2H3. The van der Waals surface area contributed by atoms with Crippen LogP contribution in [0.15, 0.2) is 27.6 Å². The Morgan fingerprint density at radius 1 is 1.43 bits per heavy atom. The molecule has 1 saturated carbocycles. The molecule has 0 aromatic heterocycles. The van der Waals surface area contributed by atoms with Crippen molar-refractivity contribution in [1.29, 1.82) is 0 Å². The summed E-state index contributed by atoms with van der Waals surface area (Å²) in [7, 11) is 0. The van der Waals surface area contributed by atoms with Gasteiger partial charge >= 0.3 is 5.97 Å². The highest BCUT2D eigenvalue weighted by Gasteiger charge is 2.28. The van der Waals surface area contributed by atoms with Crippen LogP contribution in [0, 0.1) is 5.92 Å². The topological polar surface area (TPSA) is 26.3 Å². The molecule has 1 aliphatic rings. The molecule has 1 unspecified atom stereocenters. The van der Waals surface area contributed by atoms with Crippen molar-refractivity contribution < 1.29 is 9.53 Å². The average molecular weight is 371 g/mol. The van der Waals surface area contributed by atoms with Crippen LogP contribution in [-0.4, -0.2) is 18.8 Å². The largest absolute Gasteiger partial charge is 0.466 e. The van der Waals surface area contributed by atoms with E-state index < -0.39 is 0 Å². The predicted octanol–water partition coefficient (Wildman–Crippen LogP) is 5.40. The van der Waals surface area contributed by atoms with Crippen molar-refractivity contribution in [3.63, 3.8) is 0 Å². The van der Waals surface area contributed by atoms with Crippen LogP contribution in [0.3, 0.4) is 0 Å². The molecule has 2 rings (SSSR count). The fraction of sp³-hybridized carbons (Fsp3) is 0.588. The number of halogens is 1. The first kappa shape index (κ1) is 16.9. The van der Waals surface area contributed by atoms with Crippen LogP contribution in [-0.2, 0) is 9.53 Å². The molecule has 0 amide bonds. The van der Waals surface area contributed by atoms with Gasteiger partial charge in [-0.25, -0.2) is 0 Å². The van der Waals surface area contributed by atoms with Crippen molar-refractivity contribution in [2.24, 2.45) is 5.92 Å². The van der Waals surface area contributed by atoms with E-state index in [-0.39, 0.29) is 11.9 Å². The number of thioether (sulfide) groups is 1. The van der Waals surface area contributed by atoms with E-state index in [2.05, 4.69) is 40.4 Å². The van der Waals surface area contributed by atoms with Gasteiger partial charge in [0.1, 0.15) is 0 Å². The highest BCUT2D eigenvalue weighted by Crippen LogP contribution is 2.37. The summed E-state index contributed by atoms with van der Waals surface area (Å²) in [5, 5.41) is 0. The lowest BCUT2D eigenvalue weighted by Crippen LogP contribution is -2.18. The number of carbonyl (C=O) groups excluding carboxylic acids is 1. The summed E-state index contributed by atoms with van der Waals surface area (Å²) in [5.41, 5.74) is 1.07. The van der Waals surface area contributed by atoms with Crippen LogP contribution in [0.4, 0.5) is 0 Å². The molecule has 1 aromatic rings. The van der Waals surface area contributed by atoms with E-state index in [9.17, 15) is 4.79 Å². The highest BCUT2D eigenvalue weighted by atomic mass is 79.9. The summed E-state index contributed by atoms with van der Waals surface area (Å²) >= 11 is 5.31. The van der Waals surface area contributed by atoms with Gasteiger partial charge in [-0.2, -0.15) is 0 Å². The van der Waals surface area contributed by atoms with Gasteiger partial charge in [-0.3, -0.25) is 4.79 Å². The summed E-state index contributed by atoms with van der Waals surface area (Å²) in [6, 6.07) is 6.25. The first-order valence-corrected chi connectivity index (χ1v) is 9.67. The van der Waals surface area contributed by atoms with E-state index in [0.29, 0.717) is 12.5 Å². The summed E-state index contributed by atoms with van der Waals surface area (Å²) in [5.74, 6) is 0.465. The lowest BCUT2D eigenvalue weighted by molar-refractivity contribution is -0.145. The normalized spacial score (nSPS) is 16.9. The predicted molar refractivity (Wildman–Crippen MR) is 91.9 cm³/mol. The number of esters is 1. The number of hydrogen-bond acceptors (Lipinski definition) is 3. The molecule has 0 aliphatic heterocycles. The van der Waals surface area contributed by atoms with Crippen molar-refractivity contribution in [1.82, 2.24) is 0 Å². The monoisotopic (exact) mass is 370 g/mol. The summed E-state index contributed by atoms with van der Waals surface area (Å²) in [4.78, 5) is 13.6. The Bertz CT molecular complexity index is 484. The van der Waals surface area contributed by atoms with Gasteiger partial charge < -0.3 is 4.74 Å². The Hall–Kier alpha value is -0.480. The van der Waals surface area contributed by atoms with Gasteiger partial charge in [-0.1, -0.05) is 31.7 Å². The minimum atomic E-state index is -0.125. The molecule has 1 aromatic carbocycles. The second-order valence-corrected chi connectivity index (χ2v) is 7.29. The smallest absolute Gasteiger partial charge is 0.313 e. The van der Waals surface area contributed by atoms with E-state index in [1.54, 1.807) is 11.8 Å². The van der Waals surface area contributed by atoms with Crippen LogP contribution >= 0.6 is 27.7 Å². The van der Waals surface area contributed by atoms with E-state index in [0.717, 1.165) is 16.5 Å². The molecule has 0 radical (unpaired) electrons. The van der Waals surface area contributed by atoms with Crippen molar-refractivity contribution in [3.05, 3.63) is 28.2 Å². The first-order valence-electron chi connectivity index (χ1n) is 7.65. The van der Waals surface area contributed by atoms with Crippen molar-refractivity contribution in [3.8, 4) is 0 Å². The molecule has 0 saturated heterocycles. The Morgan fingerprint density at radius 3 is 2.71 bits per heavy atom. The minimum Gasteiger partial charge on any atom is -0.466 e. The summed E-state index contributed by atoms with van der Waals surface area (Å²) in [6.45, 7) is 2.32. The fourth-order valence-electron chi connectivity index (χ4n) is 3.09. The lowest BCUT2D eigenvalue weighted by Gasteiger charge is -2.20. The van der Waals surface area contributed by atoms with Gasteiger partial charge in [0.2, 0.25) is 0 Å². The van der Waals surface area contributed by atoms with Crippen LogP contribution < -0.4 is 0 Å². The van der Waals surface area contributed by atoms with Gasteiger partial charge in [0.25, 0.3) is 0 Å². The van der Waals surface area contributed by atoms with E-state index in [4.69, 9.17) is 4.74 Å². The lowest BCUT2D eigenvalue weighted by atomic mass is 9.88. The van der Waals surface area contributed by atoms with Gasteiger partial charge in [-0.15, -0.1) is 11.8 Å². The van der Waals surface area contributed by atoms with Crippen LogP contribution in [0.1, 0.15) is 50.5 Å². The zero-order valence-corrected chi connectivity index (χ0v) is 15.1. The van der Waals surface area contributed by atoms with Gasteiger partial charge in [0.15, 0.2) is 0 Å². The Balaban J connectivity index is 2.20. The molecule has 21 heavy (non-hydrogen) atoms. The molecular formula is C17H23BrO2S. The minimum absolute atomic E-state index is 0.0757. The van der Waals surface area contributed by atoms with Crippen LogP contribution in [0.5, 0.6) is 0 Å². The molecule has 0 N–H and O–H groups in total. The van der Waals surface area contributed by atoms with Gasteiger partial charge in [-0.05, 0) is 59.1 Å². The highest BCUT2D eigenvalue weighted by molar-refractivity contribution is 9.10. The van der Waals surface area contributed by atoms with Crippen LogP contribution in [0.25, 0.3) is 0 Å². The number of benzene rings is 1. The number of ether oxygens (including phenoxy) is 1. The third-order valence-corrected chi connectivity index (χ3v) is 5.91. The molecule has 1 fully saturated rings. The van der Waals surface area contributed by atoms with Gasteiger partial charge in [0, 0.05) is 9.37 Å². The third-order valence-electron chi connectivity index (χ3n) is 4.19. The van der Waals surface area contributed by atoms with Gasteiger partial charge in [0.05, 0.1) is 12.5 Å². The molecule has 0 bridgehead atoms. The second kappa shape index (κ2) is 8.23. The maximum Gasteiger partial charge on any atom is 0.313 e. The van der Waals surface area contributed by atoms with E-state index in [1.807, 2.05) is 6.92 Å². The van der Waals surface area contributed by atoms with Crippen molar-refractivity contribution in [2.75, 3.05) is 12.9 Å². The average Bonchev–Trinajstić information content (AvgIpc) is 2.98. The Labute approximate surface area is 140 Å². The molecule has 0 heterocycles. The third kappa shape index (κ3) is 4.49. The Kier molecular flexibility index (Phi) is 6.62. The maximum atomic E-state index is 12.4. The first-order chi connectivity index (χ1) is 10.2. The van der Waals surface area contributed by atoms with Crippen molar-refractivity contribution >= 4 is 33.7 Å². The number of carbonyl (C=O) groups is 1. The fourth-order valence-corrected chi connectivity index (χ4v) is 4.43. The quantitative estimate of drug-likeness (QED) is 0.495. The zero-order valence-electron chi connectivity index (χ0n) is 12.7. The van der Waals surface area contributed by atoms with E-state index in [1.165, 1.54) is 30.6 Å². The number of hydrogen-bond donors (Lipinski definition) is 0. The molecule has 4 heteroatoms. The second-order valence-electron chi connectivity index (χ2n) is 5.58. The van der Waals surface area contributed by atoms with Crippen LogP contribution in [0.2, 0.25) is 0 Å². The number of rotatable bonds is 6. The molecule has 0 spiro atoms.